The van der Waals surface area contributed by atoms with Crippen molar-refractivity contribution in [3.8, 4) is 0 Å². The zero-order chi connectivity index (χ0) is 14.8. The highest BCUT2D eigenvalue weighted by Crippen LogP contribution is 2.23. The Morgan fingerprint density at radius 1 is 1.35 bits per heavy atom. The van der Waals surface area contributed by atoms with Crippen molar-refractivity contribution in [1.29, 1.82) is 0 Å². The van der Waals surface area contributed by atoms with Crippen LogP contribution in [0.25, 0.3) is 0 Å². The summed E-state index contributed by atoms with van der Waals surface area (Å²) in [6, 6.07) is 4.14. The lowest BCUT2D eigenvalue weighted by atomic mass is 10.2. The highest BCUT2D eigenvalue weighted by Gasteiger charge is 2.30. The van der Waals surface area contributed by atoms with Gasteiger partial charge in [-0.2, -0.15) is 13.2 Å². The van der Waals surface area contributed by atoms with Gasteiger partial charge in [-0.25, -0.2) is 4.98 Å². The predicted octanol–water partition coefficient (Wildman–Crippen LogP) is 3.03. The minimum Gasteiger partial charge on any atom is -0.348 e. The van der Waals surface area contributed by atoms with Crippen LogP contribution in [0, 0.1) is 6.92 Å². The standard InChI is InChI=1S/C14H20F3N3/c1-3-20(9-14(15,16)17)13-7-4-11(10(2)19-13)8-18-12-5-6-12/h4,7,12,18H,3,5-6,8-9H2,1-2H3. The molecule has 1 heterocycles. The van der Waals surface area contributed by atoms with Crippen LogP contribution in [0.1, 0.15) is 31.0 Å². The Balaban J connectivity index is 2.05. The Bertz CT molecular complexity index is 455. The summed E-state index contributed by atoms with van der Waals surface area (Å²) in [4.78, 5) is 5.55. The third kappa shape index (κ3) is 4.37. The van der Waals surface area contributed by atoms with Gasteiger partial charge in [0.1, 0.15) is 12.4 Å². The van der Waals surface area contributed by atoms with E-state index < -0.39 is 12.7 Å². The van der Waals surface area contributed by atoms with Crippen LogP contribution in [-0.4, -0.2) is 30.3 Å². The van der Waals surface area contributed by atoms with Gasteiger partial charge in [0, 0.05) is 24.8 Å². The average Bonchev–Trinajstić information content (AvgIpc) is 3.17. The number of alkyl halides is 3. The largest absolute Gasteiger partial charge is 0.405 e. The second-order valence-electron chi connectivity index (χ2n) is 5.20. The Kier molecular flexibility index (Phi) is 4.52. The number of pyridine rings is 1. The van der Waals surface area contributed by atoms with Crippen molar-refractivity contribution in [1.82, 2.24) is 10.3 Å². The number of anilines is 1. The van der Waals surface area contributed by atoms with Gasteiger partial charge in [0.2, 0.25) is 0 Å². The number of nitrogens with zero attached hydrogens (tertiary/aromatic N) is 2. The first kappa shape index (κ1) is 15.1. The maximum atomic E-state index is 12.5. The predicted molar refractivity (Wildman–Crippen MR) is 72.8 cm³/mol. The summed E-state index contributed by atoms with van der Waals surface area (Å²) in [6.45, 7) is 3.59. The van der Waals surface area contributed by atoms with E-state index >= 15 is 0 Å². The van der Waals surface area contributed by atoms with E-state index in [0.29, 0.717) is 11.9 Å². The molecule has 0 aliphatic heterocycles. The minimum absolute atomic E-state index is 0.283. The Hall–Kier alpha value is -1.30. The van der Waals surface area contributed by atoms with Gasteiger partial charge in [0.05, 0.1) is 0 Å². The lowest BCUT2D eigenvalue weighted by Gasteiger charge is -2.24. The van der Waals surface area contributed by atoms with Crippen molar-refractivity contribution in [2.24, 2.45) is 0 Å². The summed E-state index contributed by atoms with van der Waals surface area (Å²) >= 11 is 0. The molecule has 3 nitrogen and oxygen atoms in total. The smallest absolute Gasteiger partial charge is 0.348 e. The summed E-state index contributed by atoms with van der Waals surface area (Å²) in [5.74, 6) is 0.387. The van der Waals surface area contributed by atoms with Crippen LogP contribution in [0.2, 0.25) is 0 Å². The Morgan fingerprint density at radius 3 is 2.55 bits per heavy atom. The van der Waals surface area contributed by atoms with Gasteiger partial charge in [0.15, 0.2) is 0 Å². The highest BCUT2D eigenvalue weighted by molar-refractivity contribution is 5.41. The number of halogens is 3. The lowest BCUT2D eigenvalue weighted by molar-refractivity contribution is -0.119. The van der Waals surface area contributed by atoms with Crippen molar-refractivity contribution in [2.45, 2.75) is 45.5 Å². The second-order valence-corrected chi connectivity index (χ2v) is 5.20. The molecule has 1 aliphatic carbocycles. The SMILES string of the molecule is CCN(CC(F)(F)F)c1ccc(CNC2CC2)c(C)n1. The van der Waals surface area contributed by atoms with Gasteiger partial charge in [-0.1, -0.05) is 6.07 Å². The van der Waals surface area contributed by atoms with Crippen LogP contribution in [0.4, 0.5) is 19.0 Å². The maximum absolute atomic E-state index is 12.5. The molecule has 0 spiro atoms. The molecule has 1 aliphatic rings. The number of aromatic nitrogens is 1. The molecule has 0 radical (unpaired) electrons. The first-order valence-electron chi connectivity index (χ1n) is 6.90. The molecule has 0 saturated heterocycles. The van der Waals surface area contributed by atoms with Crippen LogP contribution in [0.5, 0.6) is 0 Å². The summed E-state index contributed by atoms with van der Waals surface area (Å²) in [5, 5.41) is 3.38. The van der Waals surface area contributed by atoms with Crippen LogP contribution < -0.4 is 10.2 Å². The third-order valence-electron chi connectivity index (χ3n) is 3.41. The fraction of sp³-hybridized carbons (Fsp3) is 0.643. The quantitative estimate of drug-likeness (QED) is 0.871. The number of rotatable bonds is 6. The molecule has 0 aromatic carbocycles. The molecule has 1 saturated carbocycles. The van der Waals surface area contributed by atoms with E-state index in [1.807, 2.05) is 13.0 Å². The number of hydrogen-bond donors (Lipinski definition) is 1. The minimum atomic E-state index is -4.21. The normalized spacial score (nSPS) is 15.4. The second kappa shape index (κ2) is 5.99. The molecule has 0 unspecified atom stereocenters. The third-order valence-corrected chi connectivity index (χ3v) is 3.41. The molecule has 0 amide bonds. The van der Waals surface area contributed by atoms with Crippen LogP contribution in [-0.2, 0) is 6.54 Å². The van der Waals surface area contributed by atoms with Gasteiger partial charge < -0.3 is 10.2 Å². The lowest BCUT2D eigenvalue weighted by Crippen LogP contribution is -2.34. The van der Waals surface area contributed by atoms with E-state index in [-0.39, 0.29) is 6.54 Å². The Labute approximate surface area is 117 Å². The molecule has 112 valence electrons. The van der Waals surface area contributed by atoms with Gasteiger partial charge >= 0.3 is 6.18 Å². The number of hydrogen-bond acceptors (Lipinski definition) is 3. The molecule has 0 atom stereocenters. The average molecular weight is 287 g/mol. The van der Waals surface area contributed by atoms with E-state index in [9.17, 15) is 13.2 Å². The van der Waals surface area contributed by atoms with E-state index in [4.69, 9.17) is 0 Å². The number of aryl methyl sites for hydroxylation is 1. The Morgan fingerprint density at radius 2 is 2.05 bits per heavy atom. The molecular weight excluding hydrogens is 267 g/mol. The van der Waals surface area contributed by atoms with Crippen molar-refractivity contribution < 1.29 is 13.2 Å². The topological polar surface area (TPSA) is 28.2 Å². The molecular formula is C14H20F3N3. The van der Waals surface area contributed by atoms with Gasteiger partial charge in [0.25, 0.3) is 0 Å². The van der Waals surface area contributed by atoms with E-state index in [1.165, 1.54) is 17.7 Å². The maximum Gasteiger partial charge on any atom is 0.405 e. The van der Waals surface area contributed by atoms with Crippen LogP contribution in [0.3, 0.4) is 0 Å². The zero-order valence-corrected chi connectivity index (χ0v) is 11.8. The van der Waals surface area contributed by atoms with Gasteiger partial charge in [-0.05, 0) is 38.3 Å². The first-order valence-corrected chi connectivity index (χ1v) is 6.90. The molecule has 2 rings (SSSR count). The van der Waals surface area contributed by atoms with E-state index in [2.05, 4.69) is 10.3 Å². The monoisotopic (exact) mass is 287 g/mol. The molecule has 1 N–H and O–H groups in total. The summed E-state index contributed by atoms with van der Waals surface area (Å²) in [5.41, 5.74) is 1.83. The molecule has 6 heteroatoms. The van der Waals surface area contributed by atoms with E-state index in [0.717, 1.165) is 17.8 Å². The van der Waals surface area contributed by atoms with Crippen molar-refractivity contribution in [3.63, 3.8) is 0 Å². The van der Waals surface area contributed by atoms with Crippen LogP contribution >= 0.6 is 0 Å². The number of nitrogens with one attached hydrogen (secondary N) is 1. The summed E-state index contributed by atoms with van der Waals surface area (Å²) in [7, 11) is 0. The highest BCUT2D eigenvalue weighted by atomic mass is 19.4. The summed E-state index contributed by atoms with van der Waals surface area (Å²) < 4.78 is 37.5. The first-order chi connectivity index (χ1) is 9.39. The fourth-order valence-corrected chi connectivity index (χ4v) is 2.05. The summed E-state index contributed by atoms with van der Waals surface area (Å²) in [6.07, 6.45) is -1.79. The molecule has 20 heavy (non-hydrogen) atoms. The molecule has 1 fully saturated rings. The van der Waals surface area contributed by atoms with Crippen molar-refractivity contribution in [3.05, 3.63) is 23.4 Å². The molecule has 1 aromatic rings. The fourth-order valence-electron chi connectivity index (χ4n) is 2.05. The molecule has 1 aromatic heterocycles. The van der Waals surface area contributed by atoms with Crippen molar-refractivity contribution >= 4 is 5.82 Å². The van der Waals surface area contributed by atoms with E-state index in [1.54, 1.807) is 13.0 Å². The molecule has 0 bridgehead atoms. The van der Waals surface area contributed by atoms with Gasteiger partial charge in [-0.15, -0.1) is 0 Å². The zero-order valence-electron chi connectivity index (χ0n) is 11.8. The van der Waals surface area contributed by atoms with Crippen LogP contribution in [0.15, 0.2) is 12.1 Å². The van der Waals surface area contributed by atoms with Crippen molar-refractivity contribution in [2.75, 3.05) is 18.0 Å². The van der Waals surface area contributed by atoms with Gasteiger partial charge in [-0.3, -0.25) is 0 Å².